The van der Waals surface area contributed by atoms with Crippen molar-refractivity contribution in [3.63, 3.8) is 0 Å². The quantitative estimate of drug-likeness (QED) is 0.886. The molecule has 2 aromatic rings. The zero-order valence-corrected chi connectivity index (χ0v) is 13.7. The maximum Gasteiger partial charge on any atom is 0.255 e. The van der Waals surface area contributed by atoms with Crippen LogP contribution in [0.1, 0.15) is 23.2 Å². The van der Waals surface area contributed by atoms with Gasteiger partial charge in [-0.3, -0.25) is 4.79 Å². The summed E-state index contributed by atoms with van der Waals surface area (Å²) in [6.07, 6.45) is 2.13. The van der Waals surface area contributed by atoms with Crippen LogP contribution in [-0.2, 0) is 0 Å². The van der Waals surface area contributed by atoms with Gasteiger partial charge in [-0.15, -0.1) is 0 Å². The van der Waals surface area contributed by atoms with E-state index in [2.05, 4.69) is 10.6 Å². The van der Waals surface area contributed by atoms with E-state index in [9.17, 15) is 4.79 Å². The van der Waals surface area contributed by atoms with Crippen LogP contribution in [0.4, 0.5) is 5.69 Å². The van der Waals surface area contributed by atoms with E-state index in [1.54, 1.807) is 31.4 Å². The van der Waals surface area contributed by atoms with Crippen molar-refractivity contribution in [2.24, 2.45) is 0 Å². The van der Waals surface area contributed by atoms with Crippen molar-refractivity contribution < 1.29 is 14.3 Å². The third-order valence-electron chi connectivity index (χ3n) is 4.07. The van der Waals surface area contributed by atoms with Crippen molar-refractivity contribution in [3.05, 3.63) is 54.1 Å². The summed E-state index contributed by atoms with van der Waals surface area (Å²) in [5.74, 6) is 1.27. The summed E-state index contributed by atoms with van der Waals surface area (Å²) in [4.78, 5) is 12.4. The molecule has 24 heavy (non-hydrogen) atoms. The number of para-hydroxylation sites is 2. The second-order valence-corrected chi connectivity index (χ2v) is 5.75. The molecule has 1 aliphatic rings. The number of amides is 1. The lowest BCUT2D eigenvalue weighted by atomic mass is 10.1. The Labute approximate surface area is 142 Å². The second-order valence-electron chi connectivity index (χ2n) is 5.75. The highest BCUT2D eigenvalue weighted by molar-refractivity contribution is 6.05. The van der Waals surface area contributed by atoms with Gasteiger partial charge in [0.25, 0.3) is 5.91 Å². The van der Waals surface area contributed by atoms with E-state index >= 15 is 0 Å². The molecule has 0 saturated carbocycles. The van der Waals surface area contributed by atoms with Gasteiger partial charge in [0.2, 0.25) is 0 Å². The number of anilines is 1. The van der Waals surface area contributed by atoms with Crippen LogP contribution in [0.15, 0.2) is 48.5 Å². The summed E-state index contributed by atoms with van der Waals surface area (Å²) in [7, 11) is 1.60. The van der Waals surface area contributed by atoms with E-state index in [0.717, 1.165) is 31.7 Å². The number of hydrogen-bond donors (Lipinski definition) is 2. The van der Waals surface area contributed by atoms with Crippen LogP contribution < -0.4 is 20.1 Å². The standard InChI is InChI=1S/C19H22N2O3/c1-23-15-8-6-14(7-9-15)19(22)21-17-4-2-3-5-18(17)24-16-10-12-20-13-11-16/h2-9,16,20H,10-13H2,1H3,(H,21,22). The summed E-state index contributed by atoms with van der Waals surface area (Å²) in [6.45, 7) is 1.93. The van der Waals surface area contributed by atoms with Crippen molar-refractivity contribution in [1.82, 2.24) is 5.32 Å². The minimum Gasteiger partial charge on any atom is -0.497 e. The third-order valence-corrected chi connectivity index (χ3v) is 4.07. The molecule has 0 atom stereocenters. The van der Waals surface area contributed by atoms with E-state index in [0.29, 0.717) is 17.0 Å². The predicted octanol–water partition coefficient (Wildman–Crippen LogP) is 3.08. The Morgan fingerprint density at radius 2 is 1.79 bits per heavy atom. The first-order chi connectivity index (χ1) is 11.8. The second kappa shape index (κ2) is 7.84. The normalized spacial score (nSPS) is 14.9. The van der Waals surface area contributed by atoms with Gasteiger partial charge in [-0.1, -0.05) is 12.1 Å². The Kier molecular flexibility index (Phi) is 5.33. The summed E-state index contributed by atoms with van der Waals surface area (Å²) < 4.78 is 11.2. The van der Waals surface area contributed by atoms with Gasteiger partial charge in [-0.25, -0.2) is 0 Å². The number of rotatable bonds is 5. The Bertz CT molecular complexity index is 679. The molecule has 126 valence electrons. The van der Waals surface area contributed by atoms with Crippen LogP contribution >= 0.6 is 0 Å². The fraction of sp³-hybridized carbons (Fsp3) is 0.316. The topological polar surface area (TPSA) is 59.6 Å². The number of benzene rings is 2. The number of carbonyl (C=O) groups is 1. The molecule has 0 aliphatic carbocycles. The van der Waals surface area contributed by atoms with E-state index in [1.807, 2.05) is 24.3 Å². The van der Waals surface area contributed by atoms with Crippen LogP contribution in [0.25, 0.3) is 0 Å². The maximum absolute atomic E-state index is 12.4. The molecular weight excluding hydrogens is 304 g/mol. The molecule has 0 bridgehead atoms. The molecule has 1 amide bonds. The van der Waals surface area contributed by atoms with Gasteiger partial charge in [-0.05, 0) is 62.3 Å². The molecule has 1 aliphatic heterocycles. The van der Waals surface area contributed by atoms with Gasteiger partial charge < -0.3 is 20.1 Å². The number of ether oxygens (including phenoxy) is 2. The highest BCUT2D eigenvalue weighted by atomic mass is 16.5. The summed E-state index contributed by atoms with van der Waals surface area (Å²) >= 11 is 0. The van der Waals surface area contributed by atoms with Gasteiger partial charge in [0.15, 0.2) is 0 Å². The lowest BCUT2D eigenvalue weighted by molar-refractivity contribution is 0.102. The van der Waals surface area contributed by atoms with E-state index in [-0.39, 0.29) is 12.0 Å². The molecule has 1 heterocycles. The van der Waals surface area contributed by atoms with Crippen LogP contribution in [-0.4, -0.2) is 32.2 Å². The molecule has 0 aromatic heterocycles. The first-order valence-corrected chi connectivity index (χ1v) is 8.18. The molecule has 5 heteroatoms. The van der Waals surface area contributed by atoms with Crippen molar-refractivity contribution in [3.8, 4) is 11.5 Å². The highest BCUT2D eigenvalue weighted by Crippen LogP contribution is 2.27. The van der Waals surface area contributed by atoms with Crippen LogP contribution in [0.3, 0.4) is 0 Å². The van der Waals surface area contributed by atoms with Crippen molar-refractivity contribution in [1.29, 1.82) is 0 Å². The summed E-state index contributed by atoms with van der Waals surface area (Å²) in [6, 6.07) is 14.6. The van der Waals surface area contributed by atoms with Gasteiger partial charge >= 0.3 is 0 Å². The minimum absolute atomic E-state index is 0.168. The minimum atomic E-state index is -0.168. The van der Waals surface area contributed by atoms with Crippen LogP contribution in [0.2, 0.25) is 0 Å². The summed E-state index contributed by atoms with van der Waals surface area (Å²) in [5, 5.41) is 6.25. The molecular formula is C19H22N2O3. The number of hydrogen-bond acceptors (Lipinski definition) is 4. The van der Waals surface area contributed by atoms with Gasteiger partial charge in [0.05, 0.1) is 12.8 Å². The monoisotopic (exact) mass is 326 g/mol. The fourth-order valence-electron chi connectivity index (χ4n) is 2.70. The lowest BCUT2D eigenvalue weighted by Gasteiger charge is -2.25. The molecule has 0 spiro atoms. The highest BCUT2D eigenvalue weighted by Gasteiger charge is 2.17. The van der Waals surface area contributed by atoms with Crippen molar-refractivity contribution in [2.75, 3.05) is 25.5 Å². The Morgan fingerprint density at radius 1 is 1.08 bits per heavy atom. The zero-order chi connectivity index (χ0) is 16.8. The fourth-order valence-corrected chi connectivity index (χ4v) is 2.70. The Balaban J connectivity index is 1.70. The van der Waals surface area contributed by atoms with E-state index < -0.39 is 0 Å². The first-order valence-electron chi connectivity index (χ1n) is 8.18. The lowest BCUT2D eigenvalue weighted by Crippen LogP contribution is -2.34. The maximum atomic E-state index is 12.4. The van der Waals surface area contributed by atoms with Crippen LogP contribution in [0.5, 0.6) is 11.5 Å². The Hall–Kier alpha value is -2.53. The SMILES string of the molecule is COc1ccc(C(=O)Nc2ccccc2OC2CCNCC2)cc1. The molecule has 5 nitrogen and oxygen atoms in total. The smallest absolute Gasteiger partial charge is 0.255 e. The molecule has 2 aromatic carbocycles. The largest absolute Gasteiger partial charge is 0.497 e. The van der Waals surface area contributed by atoms with Crippen molar-refractivity contribution >= 4 is 11.6 Å². The number of nitrogens with one attached hydrogen (secondary N) is 2. The third kappa shape index (κ3) is 4.06. The number of carbonyl (C=O) groups excluding carboxylic acids is 1. The first kappa shape index (κ1) is 16.3. The predicted molar refractivity (Wildman–Crippen MR) is 93.9 cm³/mol. The average molecular weight is 326 g/mol. The van der Waals surface area contributed by atoms with Crippen molar-refractivity contribution in [2.45, 2.75) is 18.9 Å². The van der Waals surface area contributed by atoms with Gasteiger partial charge in [0.1, 0.15) is 17.6 Å². The summed E-state index contributed by atoms with van der Waals surface area (Å²) in [5.41, 5.74) is 1.27. The molecule has 1 saturated heterocycles. The van der Waals surface area contributed by atoms with Crippen LogP contribution in [0, 0.1) is 0 Å². The Morgan fingerprint density at radius 3 is 2.50 bits per heavy atom. The molecule has 1 fully saturated rings. The zero-order valence-electron chi connectivity index (χ0n) is 13.7. The molecule has 3 rings (SSSR count). The number of piperidine rings is 1. The molecule has 0 radical (unpaired) electrons. The van der Waals surface area contributed by atoms with Gasteiger partial charge in [-0.2, -0.15) is 0 Å². The van der Waals surface area contributed by atoms with E-state index in [1.165, 1.54) is 0 Å². The number of methoxy groups -OCH3 is 1. The van der Waals surface area contributed by atoms with E-state index in [4.69, 9.17) is 9.47 Å². The average Bonchev–Trinajstić information content (AvgIpc) is 2.64. The van der Waals surface area contributed by atoms with Gasteiger partial charge in [0, 0.05) is 5.56 Å². The molecule has 0 unspecified atom stereocenters. The molecule has 2 N–H and O–H groups in total.